The van der Waals surface area contributed by atoms with Gasteiger partial charge in [-0.15, -0.1) is 0 Å². The van der Waals surface area contributed by atoms with Crippen LogP contribution < -0.4 is 10.2 Å². The minimum absolute atomic E-state index is 0.965. The number of nitrogens with one attached hydrogen (secondary N) is 1. The van der Waals surface area contributed by atoms with E-state index in [1.54, 1.807) is 0 Å². The molecule has 0 aliphatic carbocycles. The van der Waals surface area contributed by atoms with E-state index < -0.39 is 0 Å². The van der Waals surface area contributed by atoms with Crippen LogP contribution in [0.4, 0.5) is 11.4 Å². The fourth-order valence-electron chi connectivity index (χ4n) is 1.77. The molecule has 0 spiro atoms. The summed E-state index contributed by atoms with van der Waals surface area (Å²) in [6, 6.07) is 8.30. The van der Waals surface area contributed by atoms with Crippen molar-refractivity contribution < 1.29 is 0 Å². The first-order chi connectivity index (χ1) is 7.27. The van der Waals surface area contributed by atoms with Gasteiger partial charge >= 0.3 is 0 Å². The first-order valence-electron chi connectivity index (χ1n) is 5.34. The van der Waals surface area contributed by atoms with E-state index in [9.17, 15) is 0 Å². The quantitative estimate of drug-likeness (QED) is 0.799. The van der Waals surface area contributed by atoms with Crippen molar-refractivity contribution in [3.63, 3.8) is 0 Å². The molecule has 1 N–H and O–H groups in total. The van der Waals surface area contributed by atoms with E-state index in [4.69, 9.17) is 0 Å². The maximum absolute atomic E-state index is 4.42. The number of para-hydroxylation sites is 2. The monoisotopic (exact) mass is 203 g/mol. The van der Waals surface area contributed by atoms with E-state index in [2.05, 4.69) is 47.5 Å². The van der Waals surface area contributed by atoms with Gasteiger partial charge in [0.1, 0.15) is 5.84 Å². The van der Waals surface area contributed by atoms with Crippen LogP contribution in [0, 0.1) is 0 Å². The number of nitrogens with zero attached hydrogens (tertiary/aromatic N) is 2. The van der Waals surface area contributed by atoms with Crippen LogP contribution in [-0.2, 0) is 0 Å². The lowest BCUT2D eigenvalue weighted by atomic mass is 10.2. The Labute approximate surface area is 90.8 Å². The molecule has 15 heavy (non-hydrogen) atoms. The summed E-state index contributed by atoms with van der Waals surface area (Å²) in [6.45, 7) is 0.965. The molecular formula is C12H17N3. The van der Waals surface area contributed by atoms with Crippen LogP contribution in [0.15, 0.2) is 29.3 Å². The third kappa shape index (κ3) is 2.29. The van der Waals surface area contributed by atoms with Crippen molar-refractivity contribution in [2.75, 3.05) is 30.9 Å². The lowest BCUT2D eigenvalue weighted by Gasteiger charge is -2.18. The molecule has 1 heterocycles. The molecule has 0 saturated heterocycles. The van der Waals surface area contributed by atoms with E-state index in [1.807, 2.05) is 6.07 Å². The van der Waals surface area contributed by atoms with Crippen LogP contribution in [-0.4, -0.2) is 26.5 Å². The second-order valence-electron chi connectivity index (χ2n) is 3.97. The Kier molecular flexibility index (Phi) is 2.90. The summed E-state index contributed by atoms with van der Waals surface area (Å²) in [6.07, 6.45) is 2.24. The number of anilines is 2. The summed E-state index contributed by atoms with van der Waals surface area (Å²) in [5.74, 6) is 1.12. The van der Waals surface area contributed by atoms with Gasteiger partial charge < -0.3 is 10.2 Å². The largest absolute Gasteiger partial charge is 0.376 e. The molecule has 2 rings (SSSR count). The fourth-order valence-corrected chi connectivity index (χ4v) is 1.77. The molecule has 0 bridgehead atoms. The minimum atomic E-state index is 0.965. The molecule has 1 aromatic rings. The van der Waals surface area contributed by atoms with Gasteiger partial charge in [-0.05, 0) is 18.6 Å². The van der Waals surface area contributed by atoms with Crippen molar-refractivity contribution in [3.05, 3.63) is 24.3 Å². The summed E-state index contributed by atoms with van der Waals surface area (Å²) >= 11 is 0. The first-order valence-corrected chi connectivity index (χ1v) is 5.34. The van der Waals surface area contributed by atoms with Crippen LogP contribution in [0.5, 0.6) is 0 Å². The number of amidine groups is 1. The Morgan fingerprint density at radius 1 is 1.27 bits per heavy atom. The number of hydrogen-bond acceptors (Lipinski definition) is 3. The number of rotatable bonds is 2. The number of benzene rings is 1. The zero-order valence-electron chi connectivity index (χ0n) is 9.33. The van der Waals surface area contributed by atoms with Crippen molar-refractivity contribution in [3.8, 4) is 0 Å². The van der Waals surface area contributed by atoms with Crippen LogP contribution in [0.2, 0.25) is 0 Å². The summed E-state index contributed by atoms with van der Waals surface area (Å²) in [5.41, 5.74) is 2.34. The molecule has 1 aliphatic heterocycles. The zero-order chi connectivity index (χ0) is 10.7. The predicted octanol–water partition coefficient (Wildman–Crippen LogP) is 2.36. The molecule has 0 amide bonds. The summed E-state index contributed by atoms with van der Waals surface area (Å²) in [7, 11) is 4.11. The number of hydrogen-bond donors (Lipinski definition) is 1. The third-order valence-corrected chi connectivity index (χ3v) is 2.54. The van der Waals surface area contributed by atoms with Gasteiger partial charge in [0, 0.05) is 27.1 Å². The van der Waals surface area contributed by atoms with Crippen LogP contribution >= 0.6 is 0 Å². The van der Waals surface area contributed by atoms with Gasteiger partial charge in [0.05, 0.1) is 11.4 Å². The molecule has 1 aromatic carbocycles. The lowest BCUT2D eigenvalue weighted by Crippen LogP contribution is -2.15. The standard InChI is InChI=1S/C12H17N3/c1-15(2)11-7-4-3-6-10(11)14-12-8-5-9-13-12/h3-4,6-7H,5,8-9H2,1-2H3,(H,13,14). The highest BCUT2D eigenvalue weighted by Gasteiger charge is 2.09. The average Bonchev–Trinajstić information content (AvgIpc) is 2.71. The summed E-state index contributed by atoms with van der Waals surface area (Å²) in [5, 5.41) is 3.40. The zero-order valence-corrected chi connectivity index (χ0v) is 9.33. The second kappa shape index (κ2) is 4.34. The first kappa shape index (κ1) is 10.0. The van der Waals surface area contributed by atoms with E-state index in [-0.39, 0.29) is 0 Å². The summed E-state index contributed by atoms with van der Waals surface area (Å²) < 4.78 is 0. The molecule has 0 saturated carbocycles. The number of aliphatic imine (C=N–C) groups is 1. The topological polar surface area (TPSA) is 27.6 Å². The Bertz CT molecular complexity index is 369. The van der Waals surface area contributed by atoms with Crippen LogP contribution in [0.25, 0.3) is 0 Å². The minimum Gasteiger partial charge on any atom is -0.376 e. The molecule has 1 aliphatic rings. The third-order valence-electron chi connectivity index (χ3n) is 2.54. The SMILES string of the molecule is CN(C)c1ccccc1NC1=NCCC1. The highest BCUT2D eigenvalue weighted by molar-refractivity contribution is 5.99. The van der Waals surface area contributed by atoms with Gasteiger partial charge in [-0.3, -0.25) is 4.99 Å². The van der Waals surface area contributed by atoms with Gasteiger partial charge in [0.2, 0.25) is 0 Å². The van der Waals surface area contributed by atoms with Crippen molar-refractivity contribution in [1.82, 2.24) is 0 Å². The molecule has 3 nitrogen and oxygen atoms in total. The van der Waals surface area contributed by atoms with Crippen molar-refractivity contribution in [2.24, 2.45) is 4.99 Å². The van der Waals surface area contributed by atoms with Gasteiger partial charge in [-0.1, -0.05) is 12.1 Å². The Balaban J connectivity index is 2.19. The molecule has 0 fully saturated rings. The van der Waals surface area contributed by atoms with E-state index in [1.165, 1.54) is 12.1 Å². The highest BCUT2D eigenvalue weighted by Crippen LogP contribution is 2.24. The van der Waals surface area contributed by atoms with E-state index >= 15 is 0 Å². The van der Waals surface area contributed by atoms with Crippen molar-refractivity contribution in [1.29, 1.82) is 0 Å². The maximum Gasteiger partial charge on any atom is 0.101 e. The van der Waals surface area contributed by atoms with Gasteiger partial charge in [-0.2, -0.15) is 0 Å². The van der Waals surface area contributed by atoms with Gasteiger partial charge in [-0.25, -0.2) is 0 Å². The normalized spacial score (nSPS) is 14.9. The summed E-state index contributed by atoms with van der Waals surface area (Å²) in [4.78, 5) is 6.53. The lowest BCUT2D eigenvalue weighted by molar-refractivity contribution is 0.951. The van der Waals surface area contributed by atoms with E-state index in [0.29, 0.717) is 0 Å². The van der Waals surface area contributed by atoms with Crippen molar-refractivity contribution in [2.45, 2.75) is 12.8 Å². The molecule has 3 heteroatoms. The Hall–Kier alpha value is -1.51. The van der Waals surface area contributed by atoms with E-state index in [0.717, 1.165) is 24.5 Å². The fraction of sp³-hybridized carbons (Fsp3) is 0.417. The maximum atomic E-state index is 4.42. The predicted molar refractivity (Wildman–Crippen MR) is 65.9 cm³/mol. The molecule has 80 valence electrons. The van der Waals surface area contributed by atoms with Crippen LogP contribution in [0.3, 0.4) is 0 Å². The molecule has 0 unspecified atom stereocenters. The molecule has 0 atom stereocenters. The Morgan fingerprint density at radius 2 is 2.07 bits per heavy atom. The highest BCUT2D eigenvalue weighted by atomic mass is 15.1. The molecule has 0 aromatic heterocycles. The smallest absolute Gasteiger partial charge is 0.101 e. The molecule has 0 radical (unpaired) electrons. The van der Waals surface area contributed by atoms with Gasteiger partial charge in [0.25, 0.3) is 0 Å². The van der Waals surface area contributed by atoms with Gasteiger partial charge in [0.15, 0.2) is 0 Å². The average molecular weight is 203 g/mol. The second-order valence-corrected chi connectivity index (χ2v) is 3.97. The molecular weight excluding hydrogens is 186 g/mol. The Morgan fingerprint density at radius 3 is 2.73 bits per heavy atom. The van der Waals surface area contributed by atoms with Crippen molar-refractivity contribution >= 4 is 17.2 Å². The van der Waals surface area contributed by atoms with Crippen LogP contribution in [0.1, 0.15) is 12.8 Å².